The Labute approximate surface area is 117 Å². The number of likely N-dealkylation sites (tertiary alicyclic amines) is 1. The fraction of sp³-hybridized carbons (Fsp3) is 0.500. The molecule has 1 heterocycles. The Morgan fingerprint density at radius 2 is 2.20 bits per heavy atom. The van der Waals surface area contributed by atoms with Crippen LogP contribution >= 0.6 is 0 Å². The Kier molecular flexibility index (Phi) is 4.65. The van der Waals surface area contributed by atoms with E-state index in [1.165, 1.54) is 6.07 Å². The molecule has 0 saturated carbocycles. The van der Waals surface area contributed by atoms with Gasteiger partial charge in [-0.25, -0.2) is 9.18 Å². The van der Waals surface area contributed by atoms with Crippen LogP contribution in [0.1, 0.15) is 19.8 Å². The fourth-order valence-electron chi connectivity index (χ4n) is 2.29. The zero-order valence-electron chi connectivity index (χ0n) is 11.6. The average molecular weight is 281 g/mol. The monoisotopic (exact) mass is 281 g/mol. The number of rotatable bonds is 3. The highest BCUT2D eigenvalue weighted by Gasteiger charge is 2.23. The summed E-state index contributed by atoms with van der Waals surface area (Å²) >= 11 is 0. The molecule has 1 amide bonds. The third kappa shape index (κ3) is 3.53. The first-order valence-electron chi connectivity index (χ1n) is 6.83. The topological polar surface area (TPSA) is 67.6 Å². The standard InChI is InChI=1S/C14H20FN3O2/c1-2-20-14(19)18-7-5-11(6-8-18)17-13-4-3-10(16)9-12(13)15/h3-4,9,11,17H,2,5-8,16H2,1H3. The first kappa shape index (κ1) is 14.4. The molecule has 110 valence electrons. The largest absolute Gasteiger partial charge is 0.450 e. The van der Waals surface area contributed by atoms with E-state index in [-0.39, 0.29) is 18.0 Å². The molecule has 0 radical (unpaired) electrons. The second-order valence-electron chi connectivity index (χ2n) is 4.84. The van der Waals surface area contributed by atoms with Gasteiger partial charge in [0.15, 0.2) is 0 Å². The molecule has 0 atom stereocenters. The number of hydrogen-bond donors (Lipinski definition) is 2. The van der Waals surface area contributed by atoms with Gasteiger partial charge in [-0.05, 0) is 38.0 Å². The van der Waals surface area contributed by atoms with Crippen molar-refractivity contribution in [3.05, 3.63) is 24.0 Å². The van der Waals surface area contributed by atoms with E-state index < -0.39 is 0 Å². The second-order valence-corrected chi connectivity index (χ2v) is 4.84. The molecule has 0 aromatic heterocycles. The quantitative estimate of drug-likeness (QED) is 0.835. The highest BCUT2D eigenvalue weighted by atomic mass is 19.1. The summed E-state index contributed by atoms with van der Waals surface area (Å²) in [6.45, 7) is 3.41. The minimum atomic E-state index is -0.349. The zero-order valence-corrected chi connectivity index (χ0v) is 11.6. The minimum Gasteiger partial charge on any atom is -0.450 e. The van der Waals surface area contributed by atoms with Crippen LogP contribution in [0, 0.1) is 5.82 Å². The van der Waals surface area contributed by atoms with E-state index in [1.807, 2.05) is 0 Å². The van der Waals surface area contributed by atoms with E-state index >= 15 is 0 Å². The van der Waals surface area contributed by atoms with Crippen molar-refractivity contribution in [1.29, 1.82) is 0 Å². The number of benzene rings is 1. The van der Waals surface area contributed by atoms with Gasteiger partial charge in [0.1, 0.15) is 5.82 Å². The van der Waals surface area contributed by atoms with E-state index in [4.69, 9.17) is 10.5 Å². The number of amides is 1. The molecule has 6 heteroatoms. The summed E-state index contributed by atoms with van der Waals surface area (Å²) in [6, 6.07) is 4.76. The predicted octanol–water partition coefficient (Wildman–Crippen LogP) is 2.44. The van der Waals surface area contributed by atoms with Crippen LogP contribution in [0.3, 0.4) is 0 Å². The molecule has 1 aliphatic heterocycles. The molecule has 1 aliphatic rings. The number of hydrogen-bond acceptors (Lipinski definition) is 4. The van der Waals surface area contributed by atoms with Gasteiger partial charge >= 0.3 is 6.09 Å². The lowest BCUT2D eigenvalue weighted by molar-refractivity contribution is 0.0983. The van der Waals surface area contributed by atoms with Crippen molar-refractivity contribution < 1.29 is 13.9 Å². The lowest BCUT2D eigenvalue weighted by Crippen LogP contribution is -2.42. The Balaban J connectivity index is 1.86. The Morgan fingerprint density at radius 3 is 2.80 bits per heavy atom. The van der Waals surface area contributed by atoms with Crippen molar-refractivity contribution in [3.63, 3.8) is 0 Å². The molecule has 0 spiro atoms. The molecule has 1 saturated heterocycles. The van der Waals surface area contributed by atoms with Gasteiger partial charge in [0.2, 0.25) is 0 Å². The number of halogens is 1. The van der Waals surface area contributed by atoms with Crippen molar-refractivity contribution in [3.8, 4) is 0 Å². The van der Waals surface area contributed by atoms with Crippen LogP contribution in [0.2, 0.25) is 0 Å². The highest BCUT2D eigenvalue weighted by Crippen LogP contribution is 2.21. The molecule has 1 aromatic carbocycles. The molecule has 5 nitrogen and oxygen atoms in total. The third-order valence-corrected chi connectivity index (χ3v) is 3.37. The summed E-state index contributed by atoms with van der Waals surface area (Å²) in [6.07, 6.45) is 1.26. The maximum Gasteiger partial charge on any atom is 0.409 e. The number of carbonyl (C=O) groups is 1. The molecular formula is C14H20FN3O2. The fourth-order valence-corrected chi connectivity index (χ4v) is 2.29. The number of nitrogen functional groups attached to an aromatic ring is 1. The summed E-state index contributed by atoms with van der Waals surface area (Å²) < 4.78 is 18.6. The second kappa shape index (κ2) is 6.45. The van der Waals surface area contributed by atoms with Gasteiger partial charge in [-0.1, -0.05) is 0 Å². The van der Waals surface area contributed by atoms with E-state index in [0.29, 0.717) is 31.1 Å². The van der Waals surface area contributed by atoms with Crippen LogP contribution in [-0.2, 0) is 4.74 Å². The van der Waals surface area contributed by atoms with Gasteiger partial charge < -0.3 is 20.7 Å². The van der Waals surface area contributed by atoms with Crippen LogP contribution in [0.15, 0.2) is 18.2 Å². The van der Waals surface area contributed by atoms with Gasteiger partial charge in [0.25, 0.3) is 0 Å². The third-order valence-electron chi connectivity index (χ3n) is 3.37. The maximum absolute atomic E-state index is 13.7. The van der Waals surface area contributed by atoms with Crippen LogP contribution < -0.4 is 11.1 Å². The van der Waals surface area contributed by atoms with Crippen LogP contribution in [0.5, 0.6) is 0 Å². The zero-order chi connectivity index (χ0) is 14.5. The summed E-state index contributed by atoms with van der Waals surface area (Å²) in [4.78, 5) is 13.2. The first-order valence-corrected chi connectivity index (χ1v) is 6.83. The van der Waals surface area contributed by atoms with Gasteiger partial charge in [-0.3, -0.25) is 0 Å². The normalized spacial score (nSPS) is 16.0. The number of nitrogens with two attached hydrogens (primary N) is 1. The van der Waals surface area contributed by atoms with Crippen molar-refractivity contribution in [2.45, 2.75) is 25.8 Å². The van der Waals surface area contributed by atoms with Crippen LogP contribution in [0.4, 0.5) is 20.6 Å². The Hall–Kier alpha value is -1.98. The Morgan fingerprint density at radius 1 is 1.50 bits per heavy atom. The van der Waals surface area contributed by atoms with Crippen molar-refractivity contribution in [2.24, 2.45) is 0 Å². The molecule has 20 heavy (non-hydrogen) atoms. The summed E-state index contributed by atoms with van der Waals surface area (Å²) in [5.41, 5.74) is 6.37. The molecule has 3 N–H and O–H groups in total. The molecule has 2 rings (SSSR count). The molecule has 0 aliphatic carbocycles. The summed E-state index contributed by atoms with van der Waals surface area (Å²) in [5.74, 6) is -0.349. The minimum absolute atomic E-state index is 0.152. The number of piperidine rings is 1. The molecular weight excluding hydrogens is 261 g/mol. The SMILES string of the molecule is CCOC(=O)N1CCC(Nc2ccc(N)cc2F)CC1. The Bertz CT molecular complexity index is 473. The molecule has 1 fully saturated rings. The molecule has 0 bridgehead atoms. The van der Waals surface area contributed by atoms with Crippen molar-refractivity contribution in [2.75, 3.05) is 30.7 Å². The lowest BCUT2D eigenvalue weighted by atomic mass is 10.0. The smallest absolute Gasteiger partial charge is 0.409 e. The van der Waals surface area contributed by atoms with Crippen LogP contribution in [-0.4, -0.2) is 36.7 Å². The van der Waals surface area contributed by atoms with Gasteiger partial charge in [-0.2, -0.15) is 0 Å². The summed E-state index contributed by atoms with van der Waals surface area (Å²) in [5, 5.41) is 3.16. The van der Waals surface area contributed by atoms with E-state index in [2.05, 4.69) is 5.32 Å². The van der Waals surface area contributed by atoms with Crippen molar-refractivity contribution in [1.82, 2.24) is 4.90 Å². The molecule has 0 unspecified atom stereocenters. The van der Waals surface area contributed by atoms with E-state index in [1.54, 1.807) is 24.0 Å². The molecule has 1 aromatic rings. The number of nitrogens with zero attached hydrogens (tertiary/aromatic N) is 1. The lowest BCUT2D eigenvalue weighted by Gasteiger charge is -2.32. The first-order chi connectivity index (χ1) is 9.60. The van der Waals surface area contributed by atoms with Crippen molar-refractivity contribution >= 4 is 17.5 Å². The number of anilines is 2. The number of nitrogens with one attached hydrogen (secondary N) is 1. The van der Waals surface area contributed by atoms with E-state index in [0.717, 1.165) is 12.8 Å². The maximum atomic E-state index is 13.7. The van der Waals surface area contributed by atoms with E-state index in [9.17, 15) is 9.18 Å². The van der Waals surface area contributed by atoms with Crippen LogP contribution in [0.25, 0.3) is 0 Å². The number of ether oxygens (including phenoxy) is 1. The van der Waals surface area contributed by atoms with Gasteiger partial charge in [-0.15, -0.1) is 0 Å². The summed E-state index contributed by atoms with van der Waals surface area (Å²) in [7, 11) is 0. The van der Waals surface area contributed by atoms with Gasteiger partial charge in [0, 0.05) is 24.8 Å². The average Bonchev–Trinajstić information content (AvgIpc) is 2.43. The van der Waals surface area contributed by atoms with Gasteiger partial charge in [0.05, 0.1) is 12.3 Å². The predicted molar refractivity (Wildman–Crippen MR) is 76.1 cm³/mol. The highest BCUT2D eigenvalue weighted by molar-refractivity contribution is 5.67. The number of carbonyl (C=O) groups excluding carboxylic acids is 1.